The van der Waals surface area contributed by atoms with E-state index < -0.39 is 0 Å². The van der Waals surface area contributed by atoms with E-state index in [1.165, 1.54) is 11.8 Å². The Balaban J connectivity index is 1.72. The Morgan fingerprint density at radius 3 is 2.50 bits per heavy atom. The number of carbonyl (C=O) groups is 1. The van der Waals surface area contributed by atoms with Crippen molar-refractivity contribution < 1.29 is 9.53 Å². The number of ether oxygens (including phenoxy) is 1. The van der Waals surface area contributed by atoms with Gasteiger partial charge < -0.3 is 14.2 Å². The SMILES string of the molecule is COc1ccc(CN(C)C(=O)CSc2nnc(-c3ccc(Cl)cc3Cl)n2CC(C)C)cc1. The molecule has 0 bridgehead atoms. The number of aromatic nitrogens is 3. The molecular formula is C23H26Cl2N4O2S. The zero-order valence-corrected chi connectivity index (χ0v) is 20.8. The number of nitrogens with zero attached hydrogens (tertiary/aromatic N) is 4. The molecule has 3 rings (SSSR count). The van der Waals surface area contributed by atoms with Crippen LogP contribution in [-0.4, -0.2) is 45.5 Å². The molecule has 1 heterocycles. The van der Waals surface area contributed by atoms with Crippen molar-refractivity contribution in [3.05, 3.63) is 58.1 Å². The number of hydrogen-bond acceptors (Lipinski definition) is 5. The number of amides is 1. The van der Waals surface area contributed by atoms with Gasteiger partial charge >= 0.3 is 0 Å². The fraction of sp³-hybridized carbons (Fsp3) is 0.348. The number of carbonyl (C=O) groups excluding carboxylic acids is 1. The van der Waals surface area contributed by atoms with Crippen LogP contribution in [0.3, 0.4) is 0 Å². The molecule has 6 nitrogen and oxygen atoms in total. The van der Waals surface area contributed by atoms with Crippen molar-refractivity contribution in [2.24, 2.45) is 5.92 Å². The van der Waals surface area contributed by atoms with Gasteiger partial charge in [0.1, 0.15) is 5.75 Å². The molecule has 9 heteroatoms. The smallest absolute Gasteiger partial charge is 0.233 e. The molecule has 0 aliphatic rings. The van der Waals surface area contributed by atoms with Crippen molar-refractivity contribution in [2.75, 3.05) is 19.9 Å². The molecule has 0 saturated heterocycles. The van der Waals surface area contributed by atoms with E-state index in [1.807, 2.05) is 34.9 Å². The van der Waals surface area contributed by atoms with Crippen LogP contribution in [0.15, 0.2) is 47.6 Å². The van der Waals surface area contributed by atoms with Crippen molar-refractivity contribution in [3.63, 3.8) is 0 Å². The lowest BCUT2D eigenvalue weighted by Crippen LogP contribution is -2.28. The van der Waals surface area contributed by atoms with Gasteiger partial charge in [0.05, 0.1) is 17.9 Å². The summed E-state index contributed by atoms with van der Waals surface area (Å²) in [5, 5.41) is 10.5. The van der Waals surface area contributed by atoms with Gasteiger partial charge in [-0.25, -0.2) is 0 Å². The standard InChI is InChI=1S/C23H26Cl2N4O2S/c1-15(2)12-29-22(19-10-7-17(24)11-20(19)25)26-27-23(29)32-14-21(30)28(3)13-16-5-8-18(31-4)9-6-16/h5-11,15H,12-14H2,1-4H3. The third-order valence-electron chi connectivity index (χ3n) is 4.77. The first-order valence-electron chi connectivity index (χ1n) is 10.2. The molecule has 0 N–H and O–H groups in total. The second-order valence-corrected chi connectivity index (χ2v) is 9.61. The summed E-state index contributed by atoms with van der Waals surface area (Å²) in [5.74, 6) is 2.10. The lowest BCUT2D eigenvalue weighted by molar-refractivity contribution is -0.127. The van der Waals surface area contributed by atoms with Crippen molar-refractivity contribution >= 4 is 40.9 Å². The fourth-order valence-electron chi connectivity index (χ4n) is 3.12. The average molecular weight is 493 g/mol. The molecule has 0 radical (unpaired) electrons. The van der Waals surface area contributed by atoms with Gasteiger partial charge in [-0.2, -0.15) is 0 Å². The van der Waals surface area contributed by atoms with Crippen LogP contribution in [0.1, 0.15) is 19.4 Å². The van der Waals surface area contributed by atoms with Crippen LogP contribution < -0.4 is 4.74 Å². The number of thioether (sulfide) groups is 1. The van der Waals surface area contributed by atoms with E-state index in [0.29, 0.717) is 40.0 Å². The van der Waals surface area contributed by atoms with Crippen LogP contribution in [0.25, 0.3) is 11.4 Å². The average Bonchev–Trinajstić information content (AvgIpc) is 3.14. The van der Waals surface area contributed by atoms with E-state index in [9.17, 15) is 4.79 Å². The van der Waals surface area contributed by atoms with E-state index in [4.69, 9.17) is 27.9 Å². The van der Waals surface area contributed by atoms with Gasteiger partial charge in [0, 0.05) is 30.7 Å². The molecule has 0 unspecified atom stereocenters. The van der Waals surface area contributed by atoms with Crippen LogP contribution in [0.2, 0.25) is 10.0 Å². The monoisotopic (exact) mass is 492 g/mol. The molecule has 1 aromatic heterocycles. The first-order valence-corrected chi connectivity index (χ1v) is 11.9. The summed E-state index contributed by atoms with van der Waals surface area (Å²) in [6, 6.07) is 13.0. The van der Waals surface area contributed by atoms with Gasteiger partial charge in [-0.1, -0.05) is 60.9 Å². The number of halogens is 2. The first-order chi connectivity index (χ1) is 15.3. The number of benzene rings is 2. The summed E-state index contributed by atoms with van der Waals surface area (Å²) in [6.07, 6.45) is 0. The van der Waals surface area contributed by atoms with Gasteiger partial charge in [0.25, 0.3) is 0 Å². The summed E-state index contributed by atoms with van der Waals surface area (Å²) in [4.78, 5) is 14.4. The fourth-order valence-corrected chi connectivity index (χ4v) is 4.51. The zero-order chi connectivity index (χ0) is 23.3. The molecule has 32 heavy (non-hydrogen) atoms. The van der Waals surface area contributed by atoms with Gasteiger partial charge in [-0.05, 0) is 41.8 Å². The van der Waals surface area contributed by atoms with Crippen LogP contribution >= 0.6 is 35.0 Å². The summed E-state index contributed by atoms with van der Waals surface area (Å²) in [6.45, 7) is 5.47. The van der Waals surface area contributed by atoms with Crippen molar-refractivity contribution in [3.8, 4) is 17.1 Å². The highest BCUT2D eigenvalue weighted by Gasteiger charge is 2.19. The van der Waals surface area contributed by atoms with Gasteiger partial charge in [0.2, 0.25) is 5.91 Å². The molecule has 0 aliphatic carbocycles. The predicted octanol–water partition coefficient (Wildman–Crippen LogP) is 5.67. The Morgan fingerprint density at radius 1 is 1.16 bits per heavy atom. The van der Waals surface area contributed by atoms with E-state index in [-0.39, 0.29) is 11.7 Å². The molecule has 0 fully saturated rings. The van der Waals surface area contributed by atoms with Crippen LogP contribution in [0.4, 0.5) is 0 Å². The first kappa shape index (κ1) is 24.4. The summed E-state index contributed by atoms with van der Waals surface area (Å²) >= 11 is 13.8. The molecule has 0 saturated carbocycles. The minimum absolute atomic E-state index is 0.0102. The molecule has 0 aliphatic heterocycles. The summed E-state index contributed by atoms with van der Waals surface area (Å²) < 4.78 is 7.20. The molecule has 0 atom stereocenters. The van der Waals surface area contributed by atoms with E-state index in [1.54, 1.807) is 31.2 Å². The van der Waals surface area contributed by atoms with Crippen LogP contribution in [0.5, 0.6) is 5.75 Å². The third kappa shape index (κ3) is 6.18. The van der Waals surface area contributed by atoms with Crippen molar-refractivity contribution in [1.29, 1.82) is 0 Å². The maximum atomic E-state index is 12.7. The Kier molecular flexibility index (Phi) is 8.45. The lowest BCUT2D eigenvalue weighted by Gasteiger charge is -2.18. The molecule has 3 aromatic rings. The number of rotatable bonds is 9. The second-order valence-electron chi connectivity index (χ2n) is 7.82. The lowest BCUT2D eigenvalue weighted by atomic mass is 10.2. The van der Waals surface area contributed by atoms with Gasteiger partial charge in [-0.3, -0.25) is 4.79 Å². The quantitative estimate of drug-likeness (QED) is 0.360. The molecule has 0 spiro atoms. The Hall–Kier alpha value is -2.22. The highest BCUT2D eigenvalue weighted by atomic mass is 35.5. The normalized spacial score (nSPS) is 11.1. The van der Waals surface area contributed by atoms with Gasteiger partial charge in [0.15, 0.2) is 11.0 Å². The summed E-state index contributed by atoms with van der Waals surface area (Å²) in [5.41, 5.74) is 1.80. The second kappa shape index (κ2) is 11.1. The maximum Gasteiger partial charge on any atom is 0.233 e. The topological polar surface area (TPSA) is 60.2 Å². The molecular weight excluding hydrogens is 467 g/mol. The highest BCUT2D eigenvalue weighted by molar-refractivity contribution is 7.99. The minimum Gasteiger partial charge on any atom is -0.497 e. The highest BCUT2D eigenvalue weighted by Crippen LogP contribution is 2.32. The largest absolute Gasteiger partial charge is 0.497 e. The third-order valence-corrected chi connectivity index (χ3v) is 6.27. The van der Waals surface area contributed by atoms with E-state index in [2.05, 4.69) is 24.0 Å². The number of methoxy groups -OCH3 is 1. The van der Waals surface area contributed by atoms with Crippen LogP contribution in [-0.2, 0) is 17.9 Å². The maximum absolute atomic E-state index is 12.7. The minimum atomic E-state index is 0.0102. The molecule has 1 amide bonds. The Morgan fingerprint density at radius 2 is 1.88 bits per heavy atom. The van der Waals surface area contributed by atoms with Crippen molar-refractivity contribution in [1.82, 2.24) is 19.7 Å². The number of hydrogen-bond donors (Lipinski definition) is 0. The molecule has 170 valence electrons. The van der Waals surface area contributed by atoms with Gasteiger partial charge in [-0.15, -0.1) is 10.2 Å². The Bertz CT molecular complexity index is 1070. The van der Waals surface area contributed by atoms with Crippen LogP contribution in [0, 0.1) is 5.92 Å². The van der Waals surface area contributed by atoms with E-state index in [0.717, 1.165) is 16.9 Å². The van der Waals surface area contributed by atoms with Crippen molar-refractivity contribution in [2.45, 2.75) is 32.1 Å². The zero-order valence-electron chi connectivity index (χ0n) is 18.5. The van der Waals surface area contributed by atoms with E-state index >= 15 is 0 Å². The predicted molar refractivity (Wildman–Crippen MR) is 131 cm³/mol. The molecule has 2 aromatic carbocycles. The Labute approximate surface area is 202 Å². The summed E-state index contributed by atoms with van der Waals surface area (Å²) in [7, 11) is 3.43.